The summed E-state index contributed by atoms with van der Waals surface area (Å²) in [6, 6.07) is 3.89. The number of alkyl halides is 1. The predicted octanol–water partition coefficient (Wildman–Crippen LogP) is 4.63. The van der Waals surface area contributed by atoms with Crippen molar-refractivity contribution in [3.05, 3.63) is 52.3 Å². The maximum Gasteiger partial charge on any atom is 0.131 e. The zero-order valence-electron chi connectivity index (χ0n) is 12.5. The maximum absolute atomic E-state index is 13.8. The Morgan fingerprint density at radius 1 is 1.19 bits per heavy atom. The minimum absolute atomic E-state index is 0.0335. The molecule has 1 aromatic carbocycles. The molecule has 0 aliphatic heterocycles. The first-order valence-corrected chi connectivity index (χ1v) is 7.58. The van der Waals surface area contributed by atoms with Crippen LogP contribution in [0, 0.1) is 11.6 Å². The molecule has 1 unspecified atom stereocenters. The third-order valence-electron chi connectivity index (χ3n) is 3.61. The second-order valence-corrected chi connectivity index (χ2v) is 5.64. The van der Waals surface area contributed by atoms with Crippen molar-refractivity contribution < 1.29 is 8.78 Å². The summed E-state index contributed by atoms with van der Waals surface area (Å²) in [7, 11) is 0. The van der Waals surface area contributed by atoms with Crippen LogP contribution in [0.25, 0.3) is 0 Å². The first kappa shape index (κ1) is 16.0. The Morgan fingerprint density at radius 3 is 2.29 bits per heavy atom. The molecule has 0 aliphatic carbocycles. The van der Waals surface area contributed by atoms with E-state index in [9.17, 15) is 8.78 Å². The van der Waals surface area contributed by atoms with Crippen molar-refractivity contribution in [2.45, 2.75) is 45.5 Å². The topological polar surface area (TPSA) is 17.8 Å². The van der Waals surface area contributed by atoms with E-state index in [0.29, 0.717) is 0 Å². The molecule has 2 rings (SSSR count). The van der Waals surface area contributed by atoms with E-state index in [2.05, 4.69) is 5.10 Å². The van der Waals surface area contributed by atoms with E-state index < -0.39 is 11.6 Å². The van der Waals surface area contributed by atoms with Gasteiger partial charge in [0.15, 0.2) is 0 Å². The second-order valence-electron chi connectivity index (χ2n) is 4.99. The van der Waals surface area contributed by atoms with Gasteiger partial charge in [-0.05, 0) is 31.9 Å². The Kier molecular flexibility index (Phi) is 4.99. The van der Waals surface area contributed by atoms with Gasteiger partial charge in [-0.15, -0.1) is 11.6 Å². The van der Waals surface area contributed by atoms with Gasteiger partial charge in [0.25, 0.3) is 0 Å². The summed E-state index contributed by atoms with van der Waals surface area (Å²) in [5.41, 5.74) is 2.85. The molecule has 114 valence electrons. The summed E-state index contributed by atoms with van der Waals surface area (Å²) >= 11 is 6.25. The summed E-state index contributed by atoms with van der Waals surface area (Å²) in [5.74, 6) is -1.10. The van der Waals surface area contributed by atoms with Gasteiger partial charge < -0.3 is 0 Å². The molecule has 2 nitrogen and oxygen atoms in total. The normalized spacial score (nSPS) is 12.7. The summed E-state index contributed by atoms with van der Waals surface area (Å²) in [5, 5.41) is 4.33. The van der Waals surface area contributed by atoms with Gasteiger partial charge in [0.05, 0.1) is 17.6 Å². The van der Waals surface area contributed by atoms with Gasteiger partial charge in [0.1, 0.15) is 11.6 Å². The molecule has 0 fully saturated rings. The lowest BCUT2D eigenvalue weighted by Gasteiger charge is -2.10. The van der Waals surface area contributed by atoms with Crippen LogP contribution in [0.3, 0.4) is 0 Å². The molecular formula is C16H19ClF2N2. The van der Waals surface area contributed by atoms with E-state index in [4.69, 9.17) is 11.6 Å². The van der Waals surface area contributed by atoms with E-state index in [1.807, 2.05) is 20.8 Å². The number of nitrogens with zero attached hydrogens (tertiary/aromatic N) is 2. The molecule has 0 bridgehead atoms. The quantitative estimate of drug-likeness (QED) is 0.736. The zero-order chi connectivity index (χ0) is 15.6. The highest BCUT2D eigenvalue weighted by Crippen LogP contribution is 2.29. The Balaban J connectivity index is 2.50. The average Bonchev–Trinajstić information content (AvgIpc) is 2.80. The van der Waals surface area contributed by atoms with Crippen molar-refractivity contribution >= 4 is 11.6 Å². The van der Waals surface area contributed by atoms with E-state index in [0.717, 1.165) is 29.8 Å². The first-order valence-electron chi connectivity index (χ1n) is 7.14. The van der Waals surface area contributed by atoms with Gasteiger partial charge in [-0.3, -0.25) is 4.68 Å². The van der Waals surface area contributed by atoms with Crippen molar-refractivity contribution in [3.8, 4) is 0 Å². The smallest absolute Gasteiger partial charge is 0.131 e. The Labute approximate surface area is 128 Å². The van der Waals surface area contributed by atoms with Gasteiger partial charge >= 0.3 is 0 Å². The van der Waals surface area contributed by atoms with Gasteiger partial charge in [-0.1, -0.05) is 19.9 Å². The molecule has 1 heterocycles. The fraction of sp³-hybridized carbons (Fsp3) is 0.438. The highest BCUT2D eigenvalue weighted by Gasteiger charge is 2.20. The van der Waals surface area contributed by atoms with Gasteiger partial charge in [0, 0.05) is 16.8 Å². The minimum Gasteiger partial charge on any atom is -0.264 e. The largest absolute Gasteiger partial charge is 0.264 e. The monoisotopic (exact) mass is 312 g/mol. The molecule has 21 heavy (non-hydrogen) atoms. The molecule has 0 saturated heterocycles. The van der Waals surface area contributed by atoms with Crippen molar-refractivity contribution in [1.29, 1.82) is 0 Å². The fourth-order valence-corrected chi connectivity index (χ4v) is 2.87. The van der Waals surface area contributed by atoms with E-state index in [1.54, 1.807) is 4.68 Å². The average molecular weight is 313 g/mol. The molecule has 0 aliphatic rings. The fourth-order valence-electron chi connectivity index (χ4n) is 2.62. The highest BCUT2D eigenvalue weighted by molar-refractivity contribution is 6.20. The van der Waals surface area contributed by atoms with Crippen LogP contribution in [0.1, 0.15) is 48.7 Å². The van der Waals surface area contributed by atoms with Crippen LogP contribution in [-0.4, -0.2) is 9.78 Å². The third-order valence-corrected chi connectivity index (χ3v) is 3.83. The van der Waals surface area contributed by atoms with Crippen molar-refractivity contribution in [1.82, 2.24) is 9.78 Å². The minimum atomic E-state index is -0.550. The number of hydrogen-bond donors (Lipinski definition) is 0. The van der Waals surface area contributed by atoms with E-state index in [-0.39, 0.29) is 17.5 Å². The van der Waals surface area contributed by atoms with Crippen LogP contribution in [0.2, 0.25) is 0 Å². The van der Waals surface area contributed by atoms with Gasteiger partial charge in [0.2, 0.25) is 0 Å². The van der Waals surface area contributed by atoms with E-state index >= 15 is 0 Å². The second kappa shape index (κ2) is 6.56. The summed E-state index contributed by atoms with van der Waals surface area (Å²) in [6.45, 7) is 5.97. The Hall–Kier alpha value is -1.42. The van der Waals surface area contributed by atoms with Crippen LogP contribution in [0.15, 0.2) is 18.2 Å². The highest BCUT2D eigenvalue weighted by atomic mass is 35.5. The van der Waals surface area contributed by atoms with Crippen LogP contribution in [0.4, 0.5) is 8.78 Å². The third kappa shape index (κ3) is 3.10. The molecule has 0 N–H and O–H groups in total. The van der Waals surface area contributed by atoms with Crippen LogP contribution in [0.5, 0.6) is 0 Å². The van der Waals surface area contributed by atoms with Crippen LogP contribution in [-0.2, 0) is 19.4 Å². The number of halogens is 3. The summed E-state index contributed by atoms with van der Waals surface area (Å²) in [6.07, 6.45) is 1.46. The van der Waals surface area contributed by atoms with E-state index in [1.165, 1.54) is 18.2 Å². The molecular weight excluding hydrogens is 294 g/mol. The summed E-state index contributed by atoms with van der Waals surface area (Å²) < 4.78 is 29.3. The predicted molar refractivity (Wildman–Crippen MR) is 80.7 cm³/mol. The Bertz CT molecular complexity index is 615. The zero-order valence-corrected chi connectivity index (χ0v) is 13.2. The number of rotatable bonds is 5. The SMILES string of the molecule is CCc1nn(Cc2c(F)cccc2F)c(CC)c1C(C)Cl. The van der Waals surface area contributed by atoms with Crippen molar-refractivity contribution in [3.63, 3.8) is 0 Å². The van der Waals surface area contributed by atoms with Crippen molar-refractivity contribution in [2.24, 2.45) is 0 Å². The molecule has 1 atom stereocenters. The molecule has 0 amide bonds. The van der Waals surface area contributed by atoms with Crippen molar-refractivity contribution in [2.75, 3.05) is 0 Å². The molecule has 1 aromatic heterocycles. The Morgan fingerprint density at radius 2 is 1.81 bits per heavy atom. The molecule has 2 aromatic rings. The molecule has 0 radical (unpaired) electrons. The lowest BCUT2D eigenvalue weighted by atomic mass is 10.1. The van der Waals surface area contributed by atoms with Gasteiger partial charge in [-0.2, -0.15) is 5.10 Å². The number of benzene rings is 1. The lowest BCUT2D eigenvalue weighted by Crippen LogP contribution is -2.10. The number of aromatic nitrogens is 2. The molecule has 0 saturated carbocycles. The van der Waals surface area contributed by atoms with Crippen LogP contribution < -0.4 is 0 Å². The maximum atomic E-state index is 13.8. The number of hydrogen-bond acceptors (Lipinski definition) is 1. The standard InChI is InChI=1S/C16H19ClF2N2/c1-4-14-16(10(3)17)15(5-2)21(20-14)9-11-12(18)7-6-8-13(11)19/h6-8,10H,4-5,9H2,1-3H3. The molecule has 0 spiro atoms. The summed E-state index contributed by atoms with van der Waals surface area (Å²) in [4.78, 5) is 0. The van der Waals surface area contributed by atoms with Crippen LogP contribution >= 0.6 is 11.6 Å². The van der Waals surface area contributed by atoms with Gasteiger partial charge in [-0.25, -0.2) is 8.78 Å². The number of aryl methyl sites for hydroxylation is 1. The molecule has 5 heteroatoms. The lowest BCUT2D eigenvalue weighted by molar-refractivity contribution is 0.525. The first-order chi connectivity index (χ1) is 9.99.